The van der Waals surface area contributed by atoms with Crippen LogP contribution in [0.5, 0.6) is 0 Å². The Morgan fingerprint density at radius 1 is 1.12 bits per heavy atom. The summed E-state index contributed by atoms with van der Waals surface area (Å²) in [6.45, 7) is 4.04. The van der Waals surface area contributed by atoms with E-state index in [-0.39, 0.29) is 12.5 Å². The molecule has 0 bridgehead atoms. The smallest absolute Gasteiger partial charge is 0.243 e. The van der Waals surface area contributed by atoms with E-state index in [4.69, 9.17) is 23.8 Å². The van der Waals surface area contributed by atoms with Gasteiger partial charge >= 0.3 is 0 Å². The lowest BCUT2D eigenvalue weighted by molar-refractivity contribution is -0.115. The molecule has 0 fully saturated rings. The zero-order chi connectivity index (χ0) is 17.5. The normalized spacial score (nSPS) is 10.1. The lowest BCUT2D eigenvalue weighted by Gasteiger charge is -2.12. The van der Waals surface area contributed by atoms with Crippen LogP contribution in [0.15, 0.2) is 42.5 Å². The van der Waals surface area contributed by atoms with E-state index in [1.165, 1.54) is 5.56 Å². The summed E-state index contributed by atoms with van der Waals surface area (Å²) in [5, 5.41) is 9.77. The van der Waals surface area contributed by atoms with Gasteiger partial charge < -0.3 is 16.0 Å². The molecule has 2 aromatic rings. The summed E-state index contributed by atoms with van der Waals surface area (Å²) in [4.78, 5) is 12.0. The summed E-state index contributed by atoms with van der Waals surface area (Å²) in [6, 6.07) is 13.4. The molecule has 0 aliphatic heterocycles. The van der Waals surface area contributed by atoms with E-state index in [0.717, 1.165) is 17.7 Å². The van der Waals surface area contributed by atoms with Crippen molar-refractivity contribution >= 4 is 46.2 Å². The number of amides is 1. The molecule has 0 spiro atoms. The van der Waals surface area contributed by atoms with Gasteiger partial charge in [-0.25, -0.2) is 0 Å². The summed E-state index contributed by atoms with van der Waals surface area (Å²) in [6.07, 6.45) is 0.992. The Hall–Kier alpha value is -2.11. The van der Waals surface area contributed by atoms with E-state index in [2.05, 4.69) is 22.9 Å². The Morgan fingerprint density at radius 3 is 2.50 bits per heavy atom. The van der Waals surface area contributed by atoms with Gasteiger partial charge in [0, 0.05) is 16.4 Å². The molecule has 0 aliphatic rings. The van der Waals surface area contributed by atoms with Gasteiger partial charge in [-0.3, -0.25) is 4.79 Å². The van der Waals surface area contributed by atoms with Crippen molar-refractivity contribution in [1.82, 2.24) is 5.32 Å². The molecule has 0 saturated heterocycles. The molecule has 0 atom stereocenters. The van der Waals surface area contributed by atoms with Crippen LogP contribution in [0.4, 0.5) is 11.4 Å². The number of carbonyl (C=O) groups excluding carboxylic acids is 1. The molecule has 0 aliphatic carbocycles. The van der Waals surface area contributed by atoms with E-state index < -0.39 is 0 Å². The van der Waals surface area contributed by atoms with Crippen LogP contribution in [0.25, 0.3) is 0 Å². The third-order valence-electron chi connectivity index (χ3n) is 3.57. The van der Waals surface area contributed by atoms with Crippen LogP contribution in [-0.2, 0) is 11.2 Å². The van der Waals surface area contributed by atoms with Crippen molar-refractivity contribution in [2.75, 3.05) is 17.2 Å². The summed E-state index contributed by atoms with van der Waals surface area (Å²) in [5.74, 6) is -0.189. The largest absolute Gasteiger partial charge is 0.353 e. The second-order valence-electron chi connectivity index (χ2n) is 5.32. The van der Waals surface area contributed by atoms with Gasteiger partial charge in [-0.15, -0.1) is 0 Å². The first-order valence-corrected chi connectivity index (χ1v) is 8.47. The van der Waals surface area contributed by atoms with Crippen molar-refractivity contribution in [1.29, 1.82) is 0 Å². The number of nitrogens with one attached hydrogen (secondary N) is 3. The molecular formula is C18H20ClN3OS. The highest BCUT2D eigenvalue weighted by Gasteiger charge is 2.07. The van der Waals surface area contributed by atoms with Gasteiger partial charge in [0.15, 0.2) is 5.11 Å². The number of benzene rings is 2. The van der Waals surface area contributed by atoms with Crippen molar-refractivity contribution in [3.05, 3.63) is 58.6 Å². The lowest BCUT2D eigenvalue weighted by atomic mass is 10.1. The first kappa shape index (κ1) is 18.2. The van der Waals surface area contributed by atoms with Gasteiger partial charge in [-0.2, -0.15) is 0 Å². The topological polar surface area (TPSA) is 53.2 Å². The molecule has 0 unspecified atom stereocenters. The first-order chi connectivity index (χ1) is 11.5. The van der Waals surface area contributed by atoms with Crippen LogP contribution in [0.3, 0.4) is 0 Å². The van der Waals surface area contributed by atoms with Gasteiger partial charge in [0.1, 0.15) is 0 Å². The second kappa shape index (κ2) is 8.66. The standard InChI is InChI=1S/C18H20ClN3OS/c1-3-13-7-9-14(10-8-13)21-18(24)20-11-17(23)22-16-6-4-5-15(19)12(16)2/h4-10H,3,11H2,1-2H3,(H,22,23)(H2,20,21,24). The number of hydrogen-bond acceptors (Lipinski definition) is 2. The summed E-state index contributed by atoms with van der Waals surface area (Å²) >= 11 is 11.2. The molecule has 1 amide bonds. The van der Waals surface area contributed by atoms with Crippen molar-refractivity contribution in [3.63, 3.8) is 0 Å². The van der Waals surface area contributed by atoms with E-state index >= 15 is 0 Å². The number of rotatable bonds is 5. The number of anilines is 2. The van der Waals surface area contributed by atoms with Crippen molar-refractivity contribution < 1.29 is 4.79 Å². The van der Waals surface area contributed by atoms with E-state index in [1.54, 1.807) is 12.1 Å². The van der Waals surface area contributed by atoms with Gasteiger partial charge in [0.2, 0.25) is 5.91 Å². The molecule has 4 nitrogen and oxygen atoms in total. The first-order valence-electron chi connectivity index (χ1n) is 7.68. The van der Waals surface area contributed by atoms with Gasteiger partial charge in [0.25, 0.3) is 0 Å². The monoisotopic (exact) mass is 361 g/mol. The summed E-state index contributed by atoms with van der Waals surface area (Å²) in [5.41, 5.74) is 3.68. The van der Waals surface area contributed by atoms with Crippen molar-refractivity contribution in [2.24, 2.45) is 0 Å². The predicted molar refractivity (Wildman–Crippen MR) is 105 cm³/mol. The van der Waals surface area contributed by atoms with Crippen LogP contribution < -0.4 is 16.0 Å². The summed E-state index contributed by atoms with van der Waals surface area (Å²) in [7, 11) is 0. The predicted octanol–water partition coefficient (Wildman–Crippen LogP) is 4.14. The quantitative estimate of drug-likeness (QED) is 0.701. The average molecular weight is 362 g/mol. The lowest BCUT2D eigenvalue weighted by Crippen LogP contribution is -2.35. The maximum atomic E-state index is 12.0. The molecular weight excluding hydrogens is 342 g/mol. The molecule has 126 valence electrons. The fourth-order valence-corrected chi connectivity index (χ4v) is 2.46. The molecule has 0 saturated carbocycles. The molecule has 24 heavy (non-hydrogen) atoms. The van der Waals surface area contributed by atoms with E-state index in [9.17, 15) is 4.79 Å². The van der Waals surface area contributed by atoms with Crippen LogP contribution in [0.2, 0.25) is 5.02 Å². The fraction of sp³-hybridized carbons (Fsp3) is 0.222. The van der Waals surface area contributed by atoms with E-state index in [1.807, 2.05) is 37.3 Å². The number of halogens is 1. The van der Waals surface area contributed by atoms with Crippen LogP contribution >= 0.6 is 23.8 Å². The molecule has 2 rings (SSSR count). The molecule has 6 heteroatoms. The minimum absolute atomic E-state index is 0.0742. The van der Waals surface area contributed by atoms with Gasteiger partial charge in [-0.1, -0.05) is 36.7 Å². The fourth-order valence-electron chi connectivity index (χ4n) is 2.10. The van der Waals surface area contributed by atoms with Crippen LogP contribution in [-0.4, -0.2) is 17.6 Å². The molecule has 3 N–H and O–H groups in total. The van der Waals surface area contributed by atoms with E-state index in [0.29, 0.717) is 15.8 Å². The minimum Gasteiger partial charge on any atom is -0.353 e. The number of thiocarbonyl (C=S) groups is 1. The Morgan fingerprint density at radius 2 is 1.83 bits per heavy atom. The Bertz CT molecular complexity index is 732. The molecule has 0 heterocycles. The second-order valence-corrected chi connectivity index (χ2v) is 6.13. The average Bonchev–Trinajstić information content (AvgIpc) is 2.58. The third-order valence-corrected chi connectivity index (χ3v) is 4.23. The Labute approximate surface area is 152 Å². The highest BCUT2D eigenvalue weighted by molar-refractivity contribution is 7.80. The van der Waals surface area contributed by atoms with Crippen LogP contribution in [0.1, 0.15) is 18.1 Å². The third kappa shape index (κ3) is 5.22. The highest BCUT2D eigenvalue weighted by atomic mass is 35.5. The van der Waals surface area contributed by atoms with Crippen molar-refractivity contribution in [2.45, 2.75) is 20.3 Å². The molecule has 0 radical (unpaired) electrons. The zero-order valence-electron chi connectivity index (χ0n) is 13.7. The van der Waals surface area contributed by atoms with Crippen molar-refractivity contribution in [3.8, 4) is 0 Å². The molecule has 2 aromatic carbocycles. The molecule has 0 aromatic heterocycles. The summed E-state index contributed by atoms with van der Waals surface area (Å²) < 4.78 is 0. The Kier molecular flexibility index (Phi) is 6.58. The highest BCUT2D eigenvalue weighted by Crippen LogP contribution is 2.22. The van der Waals surface area contributed by atoms with Gasteiger partial charge in [0.05, 0.1) is 6.54 Å². The maximum absolute atomic E-state index is 12.0. The SMILES string of the molecule is CCc1ccc(NC(=S)NCC(=O)Nc2cccc(Cl)c2C)cc1. The van der Waals surface area contributed by atoms with Gasteiger partial charge in [-0.05, 0) is 61.0 Å². The Balaban J connectivity index is 1.82. The maximum Gasteiger partial charge on any atom is 0.243 e. The number of aryl methyl sites for hydroxylation is 1. The number of hydrogen-bond donors (Lipinski definition) is 3. The zero-order valence-corrected chi connectivity index (χ0v) is 15.2. The number of carbonyl (C=O) groups is 1. The van der Waals surface area contributed by atoms with Crippen LogP contribution in [0, 0.1) is 6.92 Å². The minimum atomic E-state index is -0.189.